The Kier molecular flexibility index (Phi) is 33.9. The molecule has 2 aromatic carbocycles. The summed E-state index contributed by atoms with van der Waals surface area (Å²) >= 11 is 0. The van der Waals surface area contributed by atoms with Gasteiger partial charge >= 0.3 is 29.8 Å². The molecule has 2 aromatic heterocycles. The number of ether oxygens (including phenoxy) is 5. The number of pyridine rings is 2. The van der Waals surface area contributed by atoms with Gasteiger partial charge in [-0.1, -0.05) is 58.6 Å². The zero-order valence-corrected chi connectivity index (χ0v) is 68.1. The van der Waals surface area contributed by atoms with Crippen LogP contribution >= 0.6 is 0 Å². The zero-order chi connectivity index (χ0) is 85.2. The smallest absolute Gasteiger partial charge is 0.310 e. The lowest BCUT2D eigenvalue weighted by molar-refractivity contribution is -0.158. The Hall–Kier alpha value is -8.91. The number of benzene rings is 2. The first kappa shape index (κ1) is 93.3. The number of hydrogen-bond acceptors (Lipinski definition) is 22. The van der Waals surface area contributed by atoms with E-state index in [0.717, 1.165) is 102 Å². The number of aromatic nitrogens is 2. The van der Waals surface area contributed by atoms with Crippen LogP contribution in [0.2, 0.25) is 0 Å². The van der Waals surface area contributed by atoms with E-state index in [0.29, 0.717) is 43.7 Å². The molecule has 636 valence electrons. The van der Waals surface area contributed by atoms with Crippen LogP contribution in [-0.4, -0.2) is 191 Å². The molecule has 0 spiro atoms. The number of carbonyl (C=O) groups is 9. The molecule has 4 aromatic rings. The summed E-state index contributed by atoms with van der Waals surface area (Å²) in [7, 11) is 2.64. The molecular formula is C84H116F4N6O21. The van der Waals surface area contributed by atoms with Gasteiger partial charge in [-0.2, -0.15) is 0 Å². The Bertz CT molecular complexity index is 4230. The fourth-order valence-corrected chi connectivity index (χ4v) is 16.2. The Labute approximate surface area is 668 Å². The fourth-order valence-electron chi connectivity index (χ4n) is 16.2. The quantitative estimate of drug-likeness (QED) is 0.0207. The number of Topliss-reactive ketones (excluding diaryl/α,β-unsaturated/α-hetero) is 2. The molecule has 4 aliphatic heterocycles. The fraction of sp³-hybridized carbons (Fsp3) is 0.631. The summed E-state index contributed by atoms with van der Waals surface area (Å²) < 4.78 is 82.1. The number of hydrogen-bond donors (Lipinski definition) is 6. The number of carboxylic acids is 1. The first-order chi connectivity index (χ1) is 54.1. The van der Waals surface area contributed by atoms with Gasteiger partial charge in [0.15, 0.2) is 40.7 Å². The molecule has 31 heteroatoms. The van der Waals surface area contributed by atoms with Gasteiger partial charge < -0.3 is 73.9 Å². The minimum absolute atomic E-state index is 0.0204. The predicted molar refractivity (Wildman–Crippen MR) is 413 cm³/mol. The van der Waals surface area contributed by atoms with Crippen LogP contribution in [0.15, 0.2) is 58.4 Å². The molecular weight excluding hydrogens is 1500 g/mol. The molecule has 0 bridgehead atoms. The van der Waals surface area contributed by atoms with Crippen LogP contribution in [0.25, 0.3) is 0 Å². The van der Waals surface area contributed by atoms with E-state index in [1.54, 1.807) is 18.7 Å². The van der Waals surface area contributed by atoms with Gasteiger partial charge in [-0.25, -0.2) is 17.6 Å². The van der Waals surface area contributed by atoms with E-state index < -0.39 is 86.5 Å². The van der Waals surface area contributed by atoms with Crippen molar-refractivity contribution in [3.05, 3.63) is 126 Å². The molecule has 0 radical (unpaired) electrons. The third-order valence-electron chi connectivity index (χ3n) is 22.0. The van der Waals surface area contributed by atoms with E-state index in [2.05, 4.69) is 28.2 Å². The first-order valence-electron chi connectivity index (χ1n) is 39.8. The maximum Gasteiger partial charge on any atom is 0.310 e. The maximum atomic E-state index is 14.0. The molecule has 4 aliphatic carbocycles. The normalized spacial score (nSPS) is 22.9. The summed E-state index contributed by atoms with van der Waals surface area (Å²) in [6.07, 6.45) is 14.0. The molecule has 115 heavy (non-hydrogen) atoms. The molecule has 2 saturated heterocycles. The van der Waals surface area contributed by atoms with Crippen molar-refractivity contribution in [1.29, 1.82) is 0 Å². The van der Waals surface area contributed by atoms with Crippen molar-refractivity contribution >= 4 is 53.2 Å². The summed E-state index contributed by atoms with van der Waals surface area (Å²) in [6, 6.07) is 6.59. The topological polar surface area (TPSA) is 381 Å². The zero-order valence-electron chi connectivity index (χ0n) is 68.1. The summed E-state index contributed by atoms with van der Waals surface area (Å²) in [4.78, 5) is 139. The molecule has 2 amide bonds. The number of ketones is 2. The van der Waals surface area contributed by atoms with Crippen molar-refractivity contribution in [3.8, 4) is 11.5 Å². The number of aliphatic carboxylic acids is 1. The molecule has 7 N–H and O–H groups in total. The maximum absolute atomic E-state index is 14.0. The van der Waals surface area contributed by atoms with Gasteiger partial charge in [0.05, 0.1) is 69.4 Å². The number of esters is 4. The van der Waals surface area contributed by atoms with E-state index >= 15 is 0 Å². The minimum atomic E-state index is -0.923. The lowest BCUT2D eigenvalue weighted by Crippen LogP contribution is -2.66. The Balaban J connectivity index is 0.000000209. The molecule has 6 fully saturated rings. The standard InChI is InChI=1S/C27H31F2N3O4.C23H22F2N2O5.C12H20O4.C11H20O4.C6H13NO.C5H10O3/c1-15(2)11-30-12-17-4-3-5-21(17)32-23(30)14-31-13-19(25(34)26(35)24(31)27(32)36)22(33)9-7-16-6-8-18(28)10-20(16)29;24-14-6-4-12(16(25)8-14)5-7-18(28)15-9-26-10-19-27(17-3-1-2-13(17)11-32-19)23(31)20(26)22(30)21(15)29;1-12(2,3)16-10(13)7-8-5-4-6-9(8)11(14)15;1-8(10(13)14-5)6-7-9(12)15-11(2,3)4;7-6-3-1-2-5(6)4-8;1-4(3-6)5(7)8-2/h6,8,10,13,15,17,21,23,35H,3-5,7,9,11-12,14H2,1-2H3;4,6,8-9,13,17,19,30H,1-3,5,7,10-11H2;8-9H,4-7H2,1-3H3,(H,14,15);8H,6-7H2,1-5H3;5-6,8H,1-4,7H2;4,6H,3H2,1-2H3/t17-,21-,23-;13-,17-,19+;8-,9-;8-;5-,6-;4-/m001000/s1. The summed E-state index contributed by atoms with van der Waals surface area (Å²) in [5, 5.41) is 47.3. The van der Waals surface area contributed by atoms with Crippen molar-refractivity contribution in [2.24, 2.45) is 53.1 Å². The highest BCUT2D eigenvalue weighted by molar-refractivity contribution is 6.01. The van der Waals surface area contributed by atoms with Crippen LogP contribution in [0.1, 0.15) is 231 Å². The number of aryl methyl sites for hydroxylation is 2. The van der Waals surface area contributed by atoms with Gasteiger partial charge in [-0.15, -0.1) is 0 Å². The molecule has 12 atom stereocenters. The van der Waals surface area contributed by atoms with Crippen LogP contribution < -0.4 is 16.6 Å². The number of halogens is 4. The Morgan fingerprint density at radius 2 is 1.07 bits per heavy atom. The van der Waals surface area contributed by atoms with Crippen LogP contribution in [-0.2, 0) is 73.6 Å². The second kappa shape index (κ2) is 41.8. The van der Waals surface area contributed by atoms with Gasteiger partial charge in [0.25, 0.3) is 11.8 Å². The van der Waals surface area contributed by atoms with E-state index in [4.69, 9.17) is 35.3 Å². The largest absolute Gasteiger partial charge is 0.503 e. The van der Waals surface area contributed by atoms with Gasteiger partial charge in [0, 0.05) is 93.9 Å². The molecule has 6 heterocycles. The number of amides is 2. The number of aliphatic hydroxyl groups excluding tert-OH is 2. The summed E-state index contributed by atoms with van der Waals surface area (Å²) in [6.45, 7) is 21.4. The highest BCUT2D eigenvalue weighted by Gasteiger charge is 2.51. The van der Waals surface area contributed by atoms with Crippen molar-refractivity contribution in [2.75, 3.05) is 47.1 Å². The van der Waals surface area contributed by atoms with Crippen molar-refractivity contribution < 1.29 is 110 Å². The average Bonchev–Trinajstić information content (AvgIpc) is 1.72. The number of carboxylic acid groups (broad SMARTS) is 1. The van der Waals surface area contributed by atoms with Crippen molar-refractivity contribution in [1.82, 2.24) is 23.8 Å². The average molecular weight is 1620 g/mol. The van der Waals surface area contributed by atoms with Crippen LogP contribution in [0.5, 0.6) is 11.5 Å². The van der Waals surface area contributed by atoms with Gasteiger partial charge in [0.2, 0.25) is 10.9 Å². The lowest BCUT2D eigenvalue weighted by atomic mass is 9.93. The number of aromatic hydroxyl groups is 2. The SMILES string of the molecule is CC(C)(C)OC(=O)C[C@H]1CCC[C@H]1C(=O)O.CC(C)CN1C[C@@H]2CCC[C@@H]2N2C(=O)c3c(O)c(=O)c(C(=O)CCc4ccc(F)cc4F)cn3C[C@@H]12.COC(=O)[C@@H](C)CCC(=O)OC(C)(C)C.COC(=O)[C@@H](C)CO.N[C@H]1CCC[C@H]1CO.O=C(CCc1ccc(F)cc1F)c1cn2c(c(O)c1=O)C(=O)N1[C@@H](C2)OC[C@@H]2CCC[C@@H]21. The molecule has 0 unspecified atom stereocenters. The molecule has 27 nitrogen and oxygen atoms in total. The highest BCUT2D eigenvalue weighted by Crippen LogP contribution is 2.43. The third-order valence-corrected chi connectivity index (χ3v) is 22.0. The number of rotatable bonds is 20. The number of carbonyl (C=O) groups excluding carboxylic acids is 8. The predicted octanol–water partition coefficient (Wildman–Crippen LogP) is 10.2. The third kappa shape index (κ3) is 25.1. The second-order valence-corrected chi connectivity index (χ2v) is 33.4. The first-order valence-corrected chi connectivity index (χ1v) is 39.8. The van der Waals surface area contributed by atoms with Crippen LogP contribution in [0.4, 0.5) is 17.6 Å². The monoisotopic (exact) mass is 1620 g/mol. The second-order valence-electron chi connectivity index (χ2n) is 33.4. The minimum Gasteiger partial charge on any atom is -0.503 e. The van der Waals surface area contributed by atoms with Crippen molar-refractivity contribution in [3.63, 3.8) is 0 Å². The number of nitrogens with two attached hydrogens (primary N) is 1. The number of methoxy groups -OCH3 is 2. The molecule has 12 rings (SSSR count). The Morgan fingerprint density at radius 1 is 0.591 bits per heavy atom. The van der Waals surface area contributed by atoms with E-state index in [9.17, 15) is 80.5 Å². The number of aliphatic hydroxyl groups is 2. The van der Waals surface area contributed by atoms with Crippen LogP contribution in [0, 0.1) is 70.6 Å². The van der Waals surface area contributed by atoms with Crippen LogP contribution in [0.3, 0.4) is 0 Å². The number of fused-ring (bicyclic) bond motifs is 8. The highest BCUT2D eigenvalue weighted by atomic mass is 19.1. The van der Waals surface area contributed by atoms with E-state index in [-0.39, 0.29) is 176 Å². The molecule has 4 saturated carbocycles. The lowest BCUT2D eigenvalue weighted by Gasteiger charge is -2.53. The van der Waals surface area contributed by atoms with E-state index in [1.165, 1.54) is 54.3 Å². The number of nitrogens with zero attached hydrogens (tertiary/aromatic N) is 5. The Morgan fingerprint density at radius 3 is 1.53 bits per heavy atom. The van der Waals surface area contributed by atoms with Crippen molar-refractivity contribution in [2.45, 2.75) is 246 Å². The molecule has 8 aliphatic rings. The van der Waals surface area contributed by atoms with Gasteiger partial charge in [0.1, 0.15) is 40.6 Å². The van der Waals surface area contributed by atoms with Gasteiger partial charge in [-0.05, 0) is 166 Å². The van der Waals surface area contributed by atoms with Gasteiger partial charge in [-0.3, -0.25) is 57.6 Å². The summed E-state index contributed by atoms with van der Waals surface area (Å²) in [5.41, 5.74) is 2.45. The summed E-state index contributed by atoms with van der Waals surface area (Å²) in [5.74, 6) is -8.10. The van der Waals surface area contributed by atoms with E-state index in [1.807, 2.05) is 46.4 Å².